The molecular formula is C27H19ClIrN3. The standard InChI is InChI=1S/C17H11N.C10H8N2.ClH.Ir/c1-3-8-14(9-4-1)16-12-7-13-17(18-16)15-10-5-2-6-11-15;1-3-7-11-9(5-1)10-6-2-4-8-12-10;;/h1-8,10,12-13H;1-8H;1H;/q-2;;;+3/p-1. The van der Waals surface area contributed by atoms with E-state index in [9.17, 15) is 0 Å². The number of benzene rings is 2. The normalized spacial score (nSPS) is 9.56. The summed E-state index contributed by atoms with van der Waals surface area (Å²) in [6.45, 7) is 0. The summed E-state index contributed by atoms with van der Waals surface area (Å²) in [6.07, 6.45) is 3.54. The van der Waals surface area contributed by atoms with E-state index in [1.807, 2.05) is 103 Å². The van der Waals surface area contributed by atoms with Gasteiger partial charge in [0.15, 0.2) is 0 Å². The molecule has 158 valence electrons. The van der Waals surface area contributed by atoms with Crippen LogP contribution in [-0.2, 0) is 17.9 Å². The van der Waals surface area contributed by atoms with Gasteiger partial charge in [0.1, 0.15) is 0 Å². The van der Waals surface area contributed by atoms with Crippen molar-refractivity contribution < 1.29 is 17.9 Å². The van der Waals surface area contributed by atoms with E-state index in [0.717, 1.165) is 33.9 Å². The van der Waals surface area contributed by atoms with Crippen LogP contribution in [-0.4, -0.2) is 15.0 Å². The fraction of sp³-hybridized carbons (Fsp3) is 0. The van der Waals surface area contributed by atoms with Gasteiger partial charge in [-0.2, -0.15) is 0 Å². The van der Waals surface area contributed by atoms with Crippen LogP contribution in [0.5, 0.6) is 0 Å². The van der Waals surface area contributed by atoms with Crippen LogP contribution >= 0.6 is 9.58 Å². The second-order valence-electron chi connectivity index (χ2n) is 6.39. The van der Waals surface area contributed by atoms with E-state index >= 15 is 0 Å². The van der Waals surface area contributed by atoms with Gasteiger partial charge in [-0.05, 0) is 35.7 Å². The predicted octanol–water partition coefficient (Wildman–Crippen LogP) is 6.85. The molecule has 0 N–H and O–H groups in total. The molecule has 0 aliphatic heterocycles. The molecule has 0 aliphatic rings. The van der Waals surface area contributed by atoms with Crippen molar-refractivity contribution in [2.24, 2.45) is 0 Å². The summed E-state index contributed by atoms with van der Waals surface area (Å²) in [5.74, 6) is 0. The van der Waals surface area contributed by atoms with Crippen molar-refractivity contribution in [1.29, 1.82) is 0 Å². The van der Waals surface area contributed by atoms with Gasteiger partial charge in [-0.3, -0.25) is 9.97 Å². The second-order valence-corrected chi connectivity index (χ2v) is 6.39. The van der Waals surface area contributed by atoms with E-state index in [4.69, 9.17) is 0 Å². The molecule has 0 unspecified atom stereocenters. The largest absolute Gasteiger partial charge is 0.345 e. The zero-order valence-corrected chi connectivity index (χ0v) is 20.2. The molecule has 0 saturated carbocycles. The Morgan fingerprint density at radius 1 is 0.500 bits per heavy atom. The van der Waals surface area contributed by atoms with Gasteiger partial charge >= 0.3 is 27.5 Å². The van der Waals surface area contributed by atoms with Gasteiger partial charge < -0.3 is 4.98 Å². The molecule has 0 fully saturated rings. The number of halogens is 1. The maximum absolute atomic E-state index is 4.65. The van der Waals surface area contributed by atoms with Gasteiger partial charge in [0, 0.05) is 12.4 Å². The third-order valence-corrected chi connectivity index (χ3v) is 4.31. The number of nitrogens with zero attached hydrogens (tertiary/aromatic N) is 3. The Bertz CT molecular complexity index is 1080. The maximum Gasteiger partial charge on any atom is 0.0886 e. The fourth-order valence-electron chi connectivity index (χ4n) is 2.87. The van der Waals surface area contributed by atoms with Crippen LogP contribution in [0.3, 0.4) is 0 Å². The first-order valence-corrected chi connectivity index (χ1v) is 12.7. The van der Waals surface area contributed by atoms with E-state index in [-0.39, 0.29) is 0 Å². The van der Waals surface area contributed by atoms with Crippen LogP contribution < -0.4 is 0 Å². The number of pyridine rings is 3. The molecular weight excluding hydrogens is 594 g/mol. The number of aromatic nitrogens is 3. The van der Waals surface area contributed by atoms with Crippen molar-refractivity contribution in [3.8, 4) is 33.9 Å². The van der Waals surface area contributed by atoms with Crippen molar-refractivity contribution in [2.75, 3.05) is 0 Å². The topological polar surface area (TPSA) is 38.7 Å². The fourth-order valence-corrected chi connectivity index (χ4v) is 2.87. The first-order valence-electron chi connectivity index (χ1n) is 9.76. The Morgan fingerprint density at radius 3 is 1.31 bits per heavy atom. The third-order valence-electron chi connectivity index (χ3n) is 4.31. The average Bonchev–Trinajstić information content (AvgIpc) is 2.92. The predicted molar refractivity (Wildman–Crippen MR) is 126 cm³/mol. The number of hydrogen-bond acceptors (Lipinski definition) is 3. The summed E-state index contributed by atoms with van der Waals surface area (Å²) in [4.78, 5) is 13.0. The van der Waals surface area contributed by atoms with Crippen molar-refractivity contribution in [1.82, 2.24) is 15.0 Å². The molecule has 3 heterocycles. The van der Waals surface area contributed by atoms with Crippen LogP contribution in [0.1, 0.15) is 0 Å². The zero-order valence-electron chi connectivity index (χ0n) is 17.0. The summed E-state index contributed by atoms with van der Waals surface area (Å²) in [7, 11) is 4.64. The van der Waals surface area contributed by atoms with E-state index in [1.54, 1.807) is 12.4 Å². The van der Waals surface area contributed by atoms with E-state index < -0.39 is 0 Å². The van der Waals surface area contributed by atoms with Crippen molar-refractivity contribution >= 4 is 9.58 Å². The molecule has 0 saturated heterocycles. The van der Waals surface area contributed by atoms with Crippen LogP contribution in [0.25, 0.3) is 33.9 Å². The Balaban J connectivity index is 0.000000180. The minimum Gasteiger partial charge on any atom is -0.345 e. The number of rotatable bonds is 3. The van der Waals surface area contributed by atoms with Crippen LogP contribution in [0.4, 0.5) is 0 Å². The Hall–Kier alpha value is -3.17. The molecule has 32 heavy (non-hydrogen) atoms. The Kier molecular flexibility index (Phi) is 9.75. The molecule has 0 atom stereocenters. The summed E-state index contributed by atoms with van der Waals surface area (Å²) in [6, 6.07) is 39.7. The molecule has 5 aromatic rings. The summed E-state index contributed by atoms with van der Waals surface area (Å²) < 4.78 is 0. The smallest absolute Gasteiger partial charge is 0.0886 e. The van der Waals surface area contributed by atoms with Crippen LogP contribution in [0.15, 0.2) is 116 Å². The zero-order chi connectivity index (χ0) is 22.4. The maximum atomic E-state index is 4.65. The molecule has 0 spiro atoms. The minimum atomic E-state index is 0.915. The first-order chi connectivity index (χ1) is 15.9. The van der Waals surface area contributed by atoms with Crippen molar-refractivity contribution in [3.05, 3.63) is 128 Å². The number of hydrogen-bond donors (Lipinski definition) is 0. The molecule has 3 nitrogen and oxygen atoms in total. The van der Waals surface area contributed by atoms with Gasteiger partial charge in [0.25, 0.3) is 0 Å². The molecule has 5 heteroatoms. The molecule has 2 aromatic carbocycles. The monoisotopic (exact) mass is 613 g/mol. The molecule has 0 radical (unpaired) electrons. The quantitative estimate of drug-likeness (QED) is 0.209. The molecule has 5 rings (SSSR count). The van der Waals surface area contributed by atoms with Crippen molar-refractivity contribution in [3.63, 3.8) is 0 Å². The van der Waals surface area contributed by atoms with Crippen LogP contribution in [0, 0.1) is 12.1 Å². The first kappa shape index (κ1) is 23.5. The van der Waals surface area contributed by atoms with E-state index in [1.165, 1.54) is 17.9 Å². The molecule has 0 bridgehead atoms. The van der Waals surface area contributed by atoms with Crippen molar-refractivity contribution in [2.45, 2.75) is 0 Å². The van der Waals surface area contributed by atoms with Crippen LogP contribution in [0.2, 0.25) is 0 Å². The van der Waals surface area contributed by atoms with Gasteiger partial charge in [-0.15, -0.1) is 71.8 Å². The van der Waals surface area contributed by atoms with E-state index in [0.29, 0.717) is 0 Å². The second kappa shape index (κ2) is 13.3. The van der Waals surface area contributed by atoms with E-state index in [2.05, 4.69) is 36.7 Å². The van der Waals surface area contributed by atoms with Gasteiger partial charge in [0.2, 0.25) is 0 Å². The van der Waals surface area contributed by atoms with Gasteiger partial charge in [0.05, 0.1) is 11.4 Å². The Labute approximate surface area is 203 Å². The average molecular weight is 613 g/mol. The third kappa shape index (κ3) is 6.93. The molecule has 3 aromatic heterocycles. The van der Waals surface area contributed by atoms with Gasteiger partial charge in [-0.1, -0.05) is 30.3 Å². The molecule has 0 amide bonds. The summed E-state index contributed by atoms with van der Waals surface area (Å²) in [5.41, 5.74) is 5.72. The Morgan fingerprint density at radius 2 is 0.938 bits per heavy atom. The minimum absolute atomic E-state index is 0.915. The SMILES string of the molecule is [Cl][Ir+2].[c-]1ccccc1-c1cccc(-c2[c-]cccc2)n1.c1ccc(-c2ccccn2)nc1. The molecule has 0 aliphatic carbocycles. The summed E-state index contributed by atoms with van der Waals surface area (Å²) in [5, 5.41) is 0. The summed E-state index contributed by atoms with van der Waals surface area (Å²) >= 11 is 1.47. The van der Waals surface area contributed by atoms with Gasteiger partial charge in [-0.25, -0.2) is 0 Å².